The Bertz CT molecular complexity index is 3550. The average molecular weight is 1030 g/mol. The zero-order valence-corrected chi connectivity index (χ0v) is 40.8. The van der Waals surface area contributed by atoms with E-state index in [0.717, 1.165) is 66.7 Å². The number of benzene rings is 6. The van der Waals surface area contributed by atoms with Gasteiger partial charge in [0.15, 0.2) is 0 Å². The predicted molar refractivity (Wildman–Crippen MR) is 267 cm³/mol. The molecule has 1 aliphatic carbocycles. The molecule has 6 aromatic carbocycles. The molecule has 327 valence electrons. The van der Waals surface area contributed by atoms with Gasteiger partial charge in [-0.05, 0) is 120 Å². The van der Waals surface area contributed by atoms with Crippen LogP contribution >= 0.6 is 0 Å². The predicted octanol–water partition coefficient (Wildman–Crippen LogP) is 16.4. The molecule has 0 unspecified atom stereocenters. The molecule has 3 nitrogen and oxygen atoms in total. The Kier molecular flexibility index (Phi) is 9.27. The number of rotatable bonds is 4. The van der Waals surface area contributed by atoms with E-state index in [1.807, 2.05) is 36.5 Å². The fraction of sp³-hybridized carbons (Fsp3) is 0.300. The monoisotopic (exact) mass is 1030 g/mol. The third-order valence-electron chi connectivity index (χ3n) is 12.5. The molecule has 3 heterocycles. The molecule has 0 aliphatic heterocycles. The van der Waals surface area contributed by atoms with Crippen molar-refractivity contribution in [1.82, 2.24) is 9.97 Å². The van der Waals surface area contributed by atoms with Gasteiger partial charge in [-0.25, -0.2) is 0 Å². The van der Waals surface area contributed by atoms with E-state index in [4.69, 9.17) is 15.4 Å². The fourth-order valence-corrected chi connectivity index (χ4v) is 9.61. The maximum absolute atomic E-state index is 8.85. The maximum Gasteiger partial charge on any atom is 0.121 e. The molecule has 1 aliphatic rings. The summed E-state index contributed by atoms with van der Waals surface area (Å²) >= 11 is 0. The van der Waals surface area contributed by atoms with Gasteiger partial charge in [0.25, 0.3) is 0 Å². The Hall–Kier alpha value is -5.41. The molecule has 1 radical (unpaired) electrons. The summed E-state index contributed by atoms with van der Waals surface area (Å²) in [5, 5.41) is 6.36. The van der Waals surface area contributed by atoms with E-state index in [0.29, 0.717) is 22.4 Å². The van der Waals surface area contributed by atoms with Gasteiger partial charge in [0.2, 0.25) is 0 Å². The Morgan fingerprint density at radius 3 is 2.23 bits per heavy atom. The van der Waals surface area contributed by atoms with Crippen molar-refractivity contribution in [3.8, 4) is 33.6 Å². The molecular weight excluding hydrogens is 957 g/mol. The number of hydrogen-bond acceptors (Lipinski definition) is 3. The van der Waals surface area contributed by atoms with E-state index in [9.17, 15) is 0 Å². The van der Waals surface area contributed by atoms with Crippen molar-refractivity contribution in [2.75, 3.05) is 0 Å². The molecule has 0 saturated carbocycles. The first-order valence-electron chi connectivity index (χ1n) is 25.8. The molecule has 9 aromatic rings. The van der Waals surface area contributed by atoms with Crippen molar-refractivity contribution in [1.29, 1.82) is 0 Å². The van der Waals surface area contributed by atoms with Gasteiger partial charge in [-0.3, -0.25) is 0 Å². The first-order chi connectivity index (χ1) is 33.0. The molecule has 0 spiro atoms. The van der Waals surface area contributed by atoms with Gasteiger partial charge in [-0.15, -0.1) is 47.5 Å². The van der Waals surface area contributed by atoms with E-state index in [2.05, 4.69) is 131 Å². The second kappa shape index (κ2) is 16.5. The molecule has 0 N–H and O–H groups in total. The largest absolute Gasteiger partial charge is 0.501 e. The van der Waals surface area contributed by atoms with Crippen LogP contribution in [-0.4, -0.2) is 9.97 Å². The normalized spacial score (nSPS) is 16.8. The topological polar surface area (TPSA) is 38.9 Å². The molecular formula is C60H60IrN2O-2. The molecule has 0 amide bonds. The summed E-state index contributed by atoms with van der Waals surface area (Å²) < 4.78 is 72.6. The van der Waals surface area contributed by atoms with Gasteiger partial charge < -0.3 is 14.4 Å². The molecule has 0 fully saturated rings. The van der Waals surface area contributed by atoms with Crippen LogP contribution in [0, 0.1) is 31.3 Å². The number of pyridine rings is 2. The Balaban J connectivity index is 0.000000192. The summed E-state index contributed by atoms with van der Waals surface area (Å²) in [4.78, 5) is 9.05. The minimum absolute atomic E-state index is 0. The maximum atomic E-state index is 8.85. The zero-order chi connectivity index (χ0) is 51.4. The van der Waals surface area contributed by atoms with Gasteiger partial charge in [-0.2, -0.15) is 0 Å². The molecule has 64 heavy (non-hydrogen) atoms. The molecule has 0 saturated heterocycles. The minimum Gasteiger partial charge on any atom is -0.501 e. The zero-order valence-electron chi connectivity index (χ0n) is 46.4. The summed E-state index contributed by atoms with van der Waals surface area (Å²) in [6.07, 6.45) is 2.25. The summed E-state index contributed by atoms with van der Waals surface area (Å²) in [5.41, 5.74) is 9.08. The van der Waals surface area contributed by atoms with Crippen LogP contribution < -0.4 is 0 Å². The third-order valence-corrected chi connectivity index (χ3v) is 12.5. The summed E-state index contributed by atoms with van der Waals surface area (Å²) in [6, 6.07) is 42.6. The first kappa shape index (κ1) is 35.9. The van der Waals surface area contributed by atoms with Crippen LogP contribution in [0.15, 0.2) is 126 Å². The van der Waals surface area contributed by atoms with Gasteiger partial charge >= 0.3 is 0 Å². The number of nitrogens with zero attached hydrogens (tertiary/aromatic N) is 2. The number of aryl methyl sites for hydroxylation is 2. The first-order valence-corrected chi connectivity index (χ1v) is 21.8. The Morgan fingerprint density at radius 1 is 0.703 bits per heavy atom. The van der Waals surface area contributed by atoms with Crippen LogP contribution in [0.2, 0.25) is 0 Å². The standard InChI is InChI=1S/C31H26NO.C29H34N.Ir/c1-19-18-32-28(15-22(19)17-31(2,3)4)25-11-7-10-24-27-14-21-13-12-20-8-5-6-9-23(20)26(21)16-29(27)33-30(24)25;1-19-9-10-21(26-17-22(13-14-30-26)27(2,3)4)15-23(19)20-11-12-24-25(16-20)29(7,8)18-28(24,5)6;/h5-10,12-16,18H,17H2,1-4H3;9,11-17H,18H2,1-8H3;/q2*-1;/i1D3,17D2;1D3;. The second-order valence-electron chi connectivity index (χ2n) is 20.6. The van der Waals surface area contributed by atoms with Crippen molar-refractivity contribution >= 4 is 43.5 Å². The van der Waals surface area contributed by atoms with Crippen LogP contribution in [0.25, 0.3) is 77.1 Å². The number of aromatic nitrogens is 2. The van der Waals surface area contributed by atoms with E-state index < -0.39 is 25.5 Å². The van der Waals surface area contributed by atoms with Crippen LogP contribution in [-0.2, 0) is 42.7 Å². The second-order valence-corrected chi connectivity index (χ2v) is 20.6. The number of furan rings is 1. The SMILES string of the molecule is [2H]C([2H])([2H])c1c[c-]c(-c2cc(C(C)(C)C)ccn2)cc1-c1ccc2c(c1)C(C)(C)CC2(C)C.[2H]C([2H])([2H])c1cnc(-c2[c-]ccc3c2oc2cc4c(ccc5ccccc54)cc23)cc1C([2H])([2H])C(C)(C)C.[Ir]. The summed E-state index contributed by atoms with van der Waals surface area (Å²) in [5.74, 6) is 0. The van der Waals surface area contributed by atoms with Crippen LogP contribution in [0.3, 0.4) is 0 Å². The van der Waals surface area contributed by atoms with Crippen molar-refractivity contribution in [3.63, 3.8) is 0 Å². The van der Waals surface area contributed by atoms with Crippen molar-refractivity contribution in [2.24, 2.45) is 5.41 Å². The molecule has 0 atom stereocenters. The number of hydrogen-bond donors (Lipinski definition) is 0. The smallest absolute Gasteiger partial charge is 0.121 e. The van der Waals surface area contributed by atoms with Crippen molar-refractivity contribution in [2.45, 2.75) is 112 Å². The molecule has 10 rings (SSSR count). The average Bonchev–Trinajstić information content (AvgIpc) is 3.75. The van der Waals surface area contributed by atoms with Gasteiger partial charge in [-0.1, -0.05) is 165 Å². The van der Waals surface area contributed by atoms with Gasteiger partial charge in [0.1, 0.15) is 5.58 Å². The van der Waals surface area contributed by atoms with Gasteiger partial charge in [0, 0.05) is 48.9 Å². The van der Waals surface area contributed by atoms with E-state index >= 15 is 0 Å². The van der Waals surface area contributed by atoms with Gasteiger partial charge in [0.05, 0.1) is 5.58 Å². The Morgan fingerprint density at radius 2 is 1.47 bits per heavy atom. The van der Waals surface area contributed by atoms with E-state index in [1.165, 1.54) is 22.9 Å². The summed E-state index contributed by atoms with van der Waals surface area (Å²) in [6.45, 7) is 16.2. The number of fused-ring (bicyclic) bond motifs is 7. The Labute approximate surface area is 405 Å². The quantitative estimate of drug-likeness (QED) is 0.130. The molecule has 4 heteroatoms. The van der Waals surface area contributed by atoms with Crippen molar-refractivity contribution in [3.05, 3.63) is 167 Å². The third kappa shape index (κ3) is 8.60. The van der Waals surface area contributed by atoms with Crippen LogP contribution in [0.5, 0.6) is 0 Å². The van der Waals surface area contributed by atoms with Crippen LogP contribution in [0.4, 0.5) is 0 Å². The van der Waals surface area contributed by atoms with E-state index in [-0.39, 0.29) is 47.5 Å². The molecule has 3 aromatic heterocycles. The van der Waals surface area contributed by atoms with Crippen molar-refractivity contribution < 1.29 is 35.5 Å². The minimum atomic E-state index is -2.50. The van der Waals surface area contributed by atoms with E-state index in [1.54, 1.807) is 39.0 Å². The fourth-order valence-electron chi connectivity index (χ4n) is 9.61. The summed E-state index contributed by atoms with van der Waals surface area (Å²) in [7, 11) is 0. The van der Waals surface area contributed by atoms with Crippen LogP contribution in [0.1, 0.15) is 120 Å². The molecule has 0 bridgehead atoms.